The van der Waals surface area contributed by atoms with E-state index in [0.717, 1.165) is 24.9 Å². The molecule has 1 aliphatic carbocycles. The molecule has 0 radical (unpaired) electrons. The highest BCUT2D eigenvalue weighted by molar-refractivity contribution is 5.20. The van der Waals surface area contributed by atoms with Crippen LogP contribution >= 0.6 is 0 Å². The maximum Gasteiger partial charge on any atom is 0.127 e. The molecule has 116 valence electrons. The van der Waals surface area contributed by atoms with Crippen LogP contribution in [0.5, 0.6) is 0 Å². The fraction of sp³-hybridized carbons (Fsp3) is 0.667. The Hall–Kier alpha value is -0.930. The second-order valence-electron chi connectivity index (χ2n) is 6.71. The average Bonchev–Trinajstić information content (AvgIpc) is 3.16. The van der Waals surface area contributed by atoms with Crippen LogP contribution in [0.1, 0.15) is 56.6 Å². The second kappa shape index (κ2) is 6.89. The Morgan fingerprint density at radius 3 is 2.67 bits per heavy atom. The predicted octanol–water partition coefficient (Wildman–Crippen LogP) is 3.87. The first-order valence-corrected chi connectivity index (χ1v) is 8.50. The van der Waals surface area contributed by atoms with Crippen molar-refractivity contribution < 1.29 is 4.39 Å². The fourth-order valence-electron chi connectivity index (χ4n) is 4.24. The van der Waals surface area contributed by atoms with Gasteiger partial charge in [-0.1, -0.05) is 31.0 Å². The molecule has 1 aromatic carbocycles. The van der Waals surface area contributed by atoms with Crippen LogP contribution in [-0.2, 0) is 0 Å². The summed E-state index contributed by atoms with van der Waals surface area (Å²) >= 11 is 0. The van der Waals surface area contributed by atoms with Crippen LogP contribution in [-0.4, -0.2) is 24.0 Å². The summed E-state index contributed by atoms with van der Waals surface area (Å²) in [7, 11) is 0. The van der Waals surface area contributed by atoms with E-state index in [1.807, 2.05) is 12.1 Å². The van der Waals surface area contributed by atoms with E-state index < -0.39 is 0 Å². The standard InChI is InChI=1S/C18H27FN2/c19-16-9-4-3-8-15(16)17(20)11-13-21-12-5-10-18(21)14-6-1-2-7-14/h3-4,8-9,14,17-18H,1-2,5-7,10-13,20H2. The summed E-state index contributed by atoms with van der Waals surface area (Å²) in [6, 6.07) is 7.50. The molecule has 1 saturated heterocycles. The monoisotopic (exact) mass is 290 g/mol. The van der Waals surface area contributed by atoms with E-state index in [4.69, 9.17) is 5.73 Å². The summed E-state index contributed by atoms with van der Waals surface area (Å²) in [6.07, 6.45) is 9.13. The van der Waals surface area contributed by atoms with Crippen molar-refractivity contribution in [1.82, 2.24) is 4.90 Å². The second-order valence-corrected chi connectivity index (χ2v) is 6.71. The van der Waals surface area contributed by atoms with Gasteiger partial charge in [0.15, 0.2) is 0 Å². The maximum atomic E-state index is 13.8. The molecule has 3 heteroatoms. The first kappa shape index (κ1) is 15.0. The molecule has 0 spiro atoms. The zero-order chi connectivity index (χ0) is 14.7. The third kappa shape index (κ3) is 3.46. The summed E-state index contributed by atoms with van der Waals surface area (Å²) in [5.74, 6) is 0.732. The van der Waals surface area contributed by atoms with Crippen molar-refractivity contribution >= 4 is 0 Å². The van der Waals surface area contributed by atoms with Crippen LogP contribution in [0.4, 0.5) is 4.39 Å². The van der Waals surface area contributed by atoms with Gasteiger partial charge in [0, 0.05) is 24.2 Å². The fourth-order valence-corrected chi connectivity index (χ4v) is 4.24. The van der Waals surface area contributed by atoms with Gasteiger partial charge in [-0.25, -0.2) is 4.39 Å². The van der Waals surface area contributed by atoms with Gasteiger partial charge in [0.1, 0.15) is 5.82 Å². The molecule has 0 bridgehead atoms. The summed E-state index contributed by atoms with van der Waals surface area (Å²) < 4.78 is 13.8. The summed E-state index contributed by atoms with van der Waals surface area (Å²) in [5.41, 5.74) is 6.87. The molecule has 1 heterocycles. The Kier molecular flexibility index (Phi) is 4.91. The Balaban J connectivity index is 1.55. The van der Waals surface area contributed by atoms with Crippen molar-refractivity contribution in [2.24, 2.45) is 11.7 Å². The average molecular weight is 290 g/mol. The van der Waals surface area contributed by atoms with Gasteiger partial charge in [0.2, 0.25) is 0 Å². The molecular weight excluding hydrogens is 263 g/mol. The van der Waals surface area contributed by atoms with Crippen molar-refractivity contribution in [2.45, 2.75) is 57.0 Å². The highest BCUT2D eigenvalue weighted by atomic mass is 19.1. The molecule has 2 atom stereocenters. The Morgan fingerprint density at radius 2 is 1.90 bits per heavy atom. The molecule has 1 saturated carbocycles. The number of benzene rings is 1. The van der Waals surface area contributed by atoms with Crippen molar-refractivity contribution in [1.29, 1.82) is 0 Å². The first-order valence-electron chi connectivity index (χ1n) is 8.50. The van der Waals surface area contributed by atoms with E-state index in [9.17, 15) is 4.39 Å². The van der Waals surface area contributed by atoms with E-state index in [-0.39, 0.29) is 11.9 Å². The van der Waals surface area contributed by atoms with Gasteiger partial charge in [-0.2, -0.15) is 0 Å². The highest BCUT2D eigenvalue weighted by Crippen LogP contribution is 2.35. The molecule has 2 fully saturated rings. The van der Waals surface area contributed by atoms with Crippen LogP contribution in [0, 0.1) is 11.7 Å². The predicted molar refractivity (Wildman–Crippen MR) is 84.5 cm³/mol. The minimum atomic E-state index is -0.184. The molecular formula is C18H27FN2. The summed E-state index contributed by atoms with van der Waals surface area (Å²) in [4.78, 5) is 2.62. The van der Waals surface area contributed by atoms with E-state index in [0.29, 0.717) is 5.56 Å². The molecule has 2 aliphatic rings. The van der Waals surface area contributed by atoms with E-state index >= 15 is 0 Å². The van der Waals surface area contributed by atoms with Gasteiger partial charge in [-0.15, -0.1) is 0 Å². The van der Waals surface area contributed by atoms with Gasteiger partial charge in [0.05, 0.1) is 0 Å². The molecule has 2 N–H and O–H groups in total. The Morgan fingerprint density at radius 1 is 1.14 bits per heavy atom. The lowest BCUT2D eigenvalue weighted by Gasteiger charge is -2.30. The first-order chi connectivity index (χ1) is 10.3. The van der Waals surface area contributed by atoms with Crippen LogP contribution in [0.3, 0.4) is 0 Å². The van der Waals surface area contributed by atoms with E-state index in [1.54, 1.807) is 6.07 Å². The Bertz CT molecular complexity index is 456. The number of rotatable bonds is 5. The largest absolute Gasteiger partial charge is 0.324 e. The zero-order valence-corrected chi connectivity index (χ0v) is 12.8. The zero-order valence-electron chi connectivity index (χ0n) is 12.8. The van der Waals surface area contributed by atoms with E-state index in [2.05, 4.69) is 4.90 Å². The molecule has 3 rings (SSSR count). The molecule has 0 aromatic heterocycles. The van der Waals surface area contributed by atoms with Crippen LogP contribution in [0.15, 0.2) is 24.3 Å². The number of likely N-dealkylation sites (tertiary alicyclic amines) is 1. The topological polar surface area (TPSA) is 29.3 Å². The lowest BCUT2D eigenvalue weighted by atomic mass is 9.95. The summed E-state index contributed by atoms with van der Waals surface area (Å²) in [5, 5.41) is 0. The van der Waals surface area contributed by atoms with Gasteiger partial charge in [0.25, 0.3) is 0 Å². The smallest absolute Gasteiger partial charge is 0.127 e. The number of halogens is 1. The molecule has 2 nitrogen and oxygen atoms in total. The van der Waals surface area contributed by atoms with Crippen LogP contribution in [0.2, 0.25) is 0 Å². The lowest BCUT2D eigenvalue weighted by molar-refractivity contribution is 0.185. The minimum absolute atomic E-state index is 0.168. The molecule has 1 aromatic rings. The number of nitrogens with two attached hydrogens (primary N) is 1. The summed E-state index contributed by atoms with van der Waals surface area (Å²) in [6.45, 7) is 2.21. The van der Waals surface area contributed by atoms with Crippen molar-refractivity contribution in [2.75, 3.05) is 13.1 Å². The number of hydrogen-bond donors (Lipinski definition) is 1. The highest BCUT2D eigenvalue weighted by Gasteiger charge is 2.33. The number of nitrogens with zero attached hydrogens (tertiary/aromatic N) is 1. The molecule has 21 heavy (non-hydrogen) atoms. The van der Waals surface area contributed by atoms with Crippen LogP contribution < -0.4 is 5.73 Å². The minimum Gasteiger partial charge on any atom is -0.324 e. The Labute approximate surface area is 127 Å². The molecule has 0 amide bonds. The van der Waals surface area contributed by atoms with E-state index in [1.165, 1.54) is 51.1 Å². The number of hydrogen-bond acceptors (Lipinski definition) is 2. The quantitative estimate of drug-likeness (QED) is 0.892. The van der Waals surface area contributed by atoms with Gasteiger partial charge >= 0.3 is 0 Å². The van der Waals surface area contributed by atoms with Crippen molar-refractivity contribution in [3.8, 4) is 0 Å². The van der Waals surface area contributed by atoms with Gasteiger partial charge < -0.3 is 10.6 Å². The lowest BCUT2D eigenvalue weighted by Crippen LogP contribution is -2.36. The molecule has 1 aliphatic heterocycles. The maximum absolute atomic E-state index is 13.8. The van der Waals surface area contributed by atoms with Gasteiger partial charge in [-0.05, 0) is 50.6 Å². The normalized spacial score (nSPS) is 25.5. The van der Waals surface area contributed by atoms with Gasteiger partial charge in [-0.3, -0.25) is 0 Å². The molecule has 2 unspecified atom stereocenters. The SMILES string of the molecule is NC(CCN1CCCC1C1CCCC1)c1ccccc1F. The third-order valence-electron chi connectivity index (χ3n) is 5.39. The van der Waals surface area contributed by atoms with Crippen LogP contribution in [0.25, 0.3) is 0 Å². The van der Waals surface area contributed by atoms with Crippen molar-refractivity contribution in [3.63, 3.8) is 0 Å². The third-order valence-corrected chi connectivity index (χ3v) is 5.39. The van der Waals surface area contributed by atoms with Crippen molar-refractivity contribution in [3.05, 3.63) is 35.6 Å².